The van der Waals surface area contributed by atoms with Crippen LogP contribution >= 0.6 is 0 Å². The van der Waals surface area contributed by atoms with Crippen molar-refractivity contribution in [2.24, 2.45) is 0 Å². The van der Waals surface area contributed by atoms with Gasteiger partial charge < -0.3 is 9.64 Å². The van der Waals surface area contributed by atoms with E-state index in [2.05, 4.69) is 9.97 Å². The predicted octanol–water partition coefficient (Wildman–Crippen LogP) is 0.398. The summed E-state index contributed by atoms with van der Waals surface area (Å²) in [5.41, 5.74) is 1.25. The Morgan fingerprint density at radius 2 is 2.38 bits per heavy atom. The molecule has 0 aliphatic carbocycles. The van der Waals surface area contributed by atoms with Crippen molar-refractivity contribution >= 4 is 5.91 Å². The molecule has 1 amide bonds. The summed E-state index contributed by atoms with van der Waals surface area (Å²) in [7, 11) is 0. The molecule has 1 aromatic rings. The second-order valence-electron chi connectivity index (χ2n) is 4.35. The number of morpholine rings is 1. The molecule has 0 spiro atoms. The Balaban J connectivity index is 1.80. The van der Waals surface area contributed by atoms with Crippen molar-refractivity contribution in [3.63, 3.8) is 0 Å². The molecule has 0 N–H and O–H groups in total. The Kier molecular flexibility index (Phi) is 2.14. The van der Waals surface area contributed by atoms with Crippen molar-refractivity contribution in [2.75, 3.05) is 13.2 Å². The molecule has 2 bridgehead atoms. The van der Waals surface area contributed by atoms with E-state index in [1.165, 1.54) is 0 Å². The van der Waals surface area contributed by atoms with Crippen LogP contribution in [0.15, 0.2) is 12.4 Å². The van der Waals surface area contributed by atoms with E-state index < -0.39 is 0 Å². The van der Waals surface area contributed by atoms with E-state index in [1.54, 1.807) is 12.4 Å². The SMILES string of the molecule is Cc1cnc(C(=O)N2CC3CC2CO3)cn1. The number of hydrogen-bond acceptors (Lipinski definition) is 4. The molecule has 2 fully saturated rings. The second-order valence-corrected chi connectivity index (χ2v) is 4.35. The normalized spacial score (nSPS) is 27.4. The topological polar surface area (TPSA) is 55.3 Å². The molecule has 2 aliphatic rings. The fourth-order valence-corrected chi connectivity index (χ4v) is 2.30. The number of carbonyl (C=O) groups is 1. The Hall–Kier alpha value is -1.49. The average Bonchev–Trinajstić information content (AvgIpc) is 2.91. The molecule has 2 unspecified atom stereocenters. The van der Waals surface area contributed by atoms with Gasteiger partial charge in [-0.3, -0.25) is 9.78 Å². The molecular formula is C11H13N3O2. The maximum absolute atomic E-state index is 12.1. The van der Waals surface area contributed by atoms with Crippen LogP contribution in [0.4, 0.5) is 0 Å². The summed E-state index contributed by atoms with van der Waals surface area (Å²) in [6.07, 6.45) is 4.36. The third-order valence-corrected chi connectivity index (χ3v) is 3.16. The lowest BCUT2D eigenvalue weighted by Crippen LogP contribution is -2.41. The van der Waals surface area contributed by atoms with E-state index in [4.69, 9.17) is 4.74 Å². The minimum atomic E-state index is -0.0247. The zero-order valence-corrected chi connectivity index (χ0v) is 9.09. The minimum absolute atomic E-state index is 0.0247. The Morgan fingerprint density at radius 3 is 2.94 bits per heavy atom. The van der Waals surface area contributed by atoms with E-state index in [0.29, 0.717) is 18.8 Å². The second kappa shape index (κ2) is 3.52. The highest BCUT2D eigenvalue weighted by atomic mass is 16.5. The number of aromatic nitrogens is 2. The summed E-state index contributed by atoms with van der Waals surface area (Å²) in [4.78, 5) is 22.2. The predicted molar refractivity (Wildman–Crippen MR) is 56.0 cm³/mol. The van der Waals surface area contributed by atoms with E-state index in [1.807, 2.05) is 11.8 Å². The van der Waals surface area contributed by atoms with Crippen LogP contribution in [0, 0.1) is 6.92 Å². The van der Waals surface area contributed by atoms with Gasteiger partial charge in [-0.25, -0.2) is 4.98 Å². The summed E-state index contributed by atoms with van der Waals surface area (Å²) in [5, 5.41) is 0. The van der Waals surface area contributed by atoms with Crippen LogP contribution in [0.3, 0.4) is 0 Å². The lowest BCUT2D eigenvalue weighted by molar-refractivity contribution is 0.0255. The largest absolute Gasteiger partial charge is 0.374 e. The molecule has 16 heavy (non-hydrogen) atoms. The van der Waals surface area contributed by atoms with Crippen LogP contribution in [0.2, 0.25) is 0 Å². The first-order valence-corrected chi connectivity index (χ1v) is 5.45. The molecule has 0 radical (unpaired) electrons. The molecule has 0 saturated carbocycles. The summed E-state index contributed by atoms with van der Waals surface area (Å²) in [6, 6.07) is 0.237. The molecule has 2 saturated heterocycles. The number of likely N-dealkylation sites (tertiary alicyclic amines) is 1. The Morgan fingerprint density at radius 1 is 1.50 bits per heavy atom. The monoisotopic (exact) mass is 219 g/mol. The van der Waals surface area contributed by atoms with Gasteiger partial charge in [-0.2, -0.15) is 0 Å². The first kappa shape index (κ1) is 9.72. The Labute approximate surface area is 93.4 Å². The van der Waals surface area contributed by atoms with E-state index in [9.17, 15) is 4.79 Å². The molecule has 84 valence electrons. The molecule has 2 aliphatic heterocycles. The lowest BCUT2D eigenvalue weighted by atomic mass is 10.2. The van der Waals surface area contributed by atoms with Crippen molar-refractivity contribution < 1.29 is 9.53 Å². The van der Waals surface area contributed by atoms with Crippen LogP contribution < -0.4 is 0 Å². The smallest absolute Gasteiger partial charge is 0.274 e. The van der Waals surface area contributed by atoms with E-state index in [0.717, 1.165) is 12.1 Å². The zero-order chi connectivity index (χ0) is 11.1. The lowest BCUT2D eigenvalue weighted by Gasteiger charge is -2.26. The van der Waals surface area contributed by atoms with Crippen molar-refractivity contribution in [3.8, 4) is 0 Å². The highest BCUT2D eigenvalue weighted by Gasteiger charge is 2.41. The number of nitrogens with zero attached hydrogens (tertiary/aromatic N) is 3. The van der Waals surface area contributed by atoms with Crippen LogP contribution in [-0.4, -0.2) is 46.1 Å². The van der Waals surface area contributed by atoms with Crippen molar-refractivity contribution in [1.82, 2.24) is 14.9 Å². The molecule has 3 heterocycles. The quantitative estimate of drug-likeness (QED) is 0.686. The fraction of sp³-hybridized carbons (Fsp3) is 0.545. The van der Waals surface area contributed by atoms with Gasteiger partial charge in [0.05, 0.1) is 30.6 Å². The average molecular weight is 219 g/mol. The van der Waals surface area contributed by atoms with E-state index in [-0.39, 0.29) is 18.1 Å². The van der Waals surface area contributed by atoms with Crippen molar-refractivity contribution in [2.45, 2.75) is 25.5 Å². The summed E-state index contributed by atoms with van der Waals surface area (Å²) >= 11 is 0. The van der Waals surface area contributed by atoms with Gasteiger partial charge >= 0.3 is 0 Å². The summed E-state index contributed by atoms with van der Waals surface area (Å²) in [6.45, 7) is 3.21. The highest BCUT2D eigenvalue weighted by Crippen LogP contribution is 2.28. The molecular weight excluding hydrogens is 206 g/mol. The molecule has 5 heteroatoms. The third-order valence-electron chi connectivity index (χ3n) is 3.16. The number of amides is 1. The molecule has 2 atom stereocenters. The Bertz CT molecular complexity index is 418. The maximum Gasteiger partial charge on any atom is 0.274 e. The van der Waals surface area contributed by atoms with Gasteiger partial charge in [-0.05, 0) is 13.3 Å². The van der Waals surface area contributed by atoms with Gasteiger partial charge in [0, 0.05) is 12.7 Å². The van der Waals surface area contributed by atoms with Gasteiger partial charge in [0.15, 0.2) is 0 Å². The highest BCUT2D eigenvalue weighted by molar-refractivity contribution is 5.92. The minimum Gasteiger partial charge on any atom is -0.374 e. The van der Waals surface area contributed by atoms with Crippen LogP contribution in [-0.2, 0) is 4.74 Å². The first-order chi connectivity index (χ1) is 7.74. The standard InChI is InChI=1S/C11H13N3O2/c1-7-3-13-10(4-12-7)11(15)14-5-9-2-8(14)6-16-9/h3-4,8-9H,2,5-6H2,1H3. The van der Waals surface area contributed by atoms with Crippen molar-refractivity contribution in [1.29, 1.82) is 0 Å². The maximum atomic E-state index is 12.1. The number of aryl methyl sites for hydroxylation is 1. The molecule has 5 nitrogen and oxygen atoms in total. The van der Waals surface area contributed by atoms with Gasteiger partial charge in [0.2, 0.25) is 0 Å². The third kappa shape index (κ3) is 1.48. The molecule has 3 rings (SSSR count). The number of ether oxygens (including phenoxy) is 1. The molecule has 1 aromatic heterocycles. The summed E-state index contributed by atoms with van der Waals surface area (Å²) in [5.74, 6) is -0.0247. The van der Waals surface area contributed by atoms with Gasteiger partial charge in [0.1, 0.15) is 5.69 Å². The fourth-order valence-electron chi connectivity index (χ4n) is 2.30. The number of hydrogen-bond donors (Lipinski definition) is 0. The van der Waals surface area contributed by atoms with Gasteiger partial charge in [-0.15, -0.1) is 0 Å². The van der Waals surface area contributed by atoms with E-state index >= 15 is 0 Å². The number of rotatable bonds is 1. The first-order valence-electron chi connectivity index (χ1n) is 5.45. The van der Waals surface area contributed by atoms with Crippen LogP contribution in [0.5, 0.6) is 0 Å². The van der Waals surface area contributed by atoms with Crippen molar-refractivity contribution in [3.05, 3.63) is 23.8 Å². The number of carbonyl (C=O) groups excluding carboxylic acids is 1. The summed E-state index contributed by atoms with van der Waals surface area (Å²) < 4.78 is 5.46. The van der Waals surface area contributed by atoms with Crippen LogP contribution in [0.1, 0.15) is 22.6 Å². The zero-order valence-electron chi connectivity index (χ0n) is 9.09. The van der Waals surface area contributed by atoms with Gasteiger partial charge in [-0.1, -0.05) is 0 Å². The number of fused-ring (bicyclic) bond motifs is 2. The van der Waals surface area contributed by atoms with Crippen LogP contribution in [0.25, 0.3) is 0 Å². The van der Waals surface area contributed by atoms with Gasteiger partial charge in [0.25, 0.3) is 5.91 Å². The molecule has 0 aromatic carbocycles.